The molecule has 0 saturated heterocycles. The van der Waals surface area contributed by atoms with E-state index in [0.717, 1.165) is 13.0 Å². The van der Waals surface area contributed by atoms with E-state index in [4.69, 9.17) is 0 Å². The molecule has 0 fully saturated rings. The Kier molecular flexibility index (Phi) is 3.52. The van der Waals surface area contributed by atoms with Gasteiger partial charge in [-0.25, -0.2) is 4.39 Å². The normalized spacial score (nSPS) is 19.8. The predicted molar refractivity (Wildman–Crippen MR) is 80.8 cm³/mol. The van der Waals surface area contributed by atoms with Gasteiger partial charge in [0.1, 0.15) is 5.82 Å². The molecule has 0 radical (unpaired) electrons. The standard InChI is InChI=1S/C16H18FNOS/c1-10-13-6-8-20-16(13)5-7-18(10)15-4-3-12(11(2)19)9-14(15)17/h3-4,6,8-11,19H,5,7H2,1-2H3. The first-order valence-electron chi connectivity index (χ1n) is 6.88. The van der Waals surface area contributed by atoms with Crippen LogP contribution in [0.3, 0.4) is 0 Å². The molecule has 1 aromatic carbocycles. The summed E-state index contributed by atoms with van der Waals surface area (Å²) in [6.07, 6.45) is 0.329. The van der Waals surface area contributed by atoms with Gasteiger partial charge >= 0.3 is 0 Å². The maximum Gasteiger partial charge on any atom is 0.146 e. The number of thiophene rings is 1. The van der Waals surface area contributed by atoms with Gasteiger partial charge in [-0.05, 0) is 55.0 Å². The van der Waals surface area contributed by atoms with Gasteiger partial charge in [-0.15, -0.1) is 11.3 Å². The molecule has 3 rings (SSSR count). The minimum Gasteiger partial charge on any atom is -0.389 e. The smallest absolute Gasteiger partial charge is 0.146 e. The highest BCUT2D eigenvalue weighted by atomic mass is 32.1. The second kappa shape index (κ2) is 5.19. The predicted octanol–water partition coefficient (Wildman–Crippen LogP) is 4.06. The number of fused-ring (bicyclic) bond motifs is 1. The number of benzene rings is 1. The Hall–Kier alpha value is -1.39. The molecule has 4 heteroatoms. The van der Waals surface area contributed by atoms with Crippen molar-refractivity contribution in [2.75, 3.05) is 11.4 Å². The Bertz CT molecular complexity index is 623. The van der Waals surface area contributed by atoms with Crippen molar-refractivity contribution in [1.29, 1.82) is 0 Å². The summed E-state index contributed by atoms with van der Waals surface area (Å²) in [4.78, 5) is 3.52. The van der Waals surface area contributed by atoms with Crippen molar-refractivity contribution in [3.8, 4) is 0 Å². The van der Waals surface area contributed by atoms with Crippen molar-refractivity contribution < 1.29 is 9.50 Å². The number of aliphatic hydroxyl groups is 1. The molecule has 0 aliphatic carbocycles. The zero-order chi connectivity index (χ0) is 14.3. The Morgan fingerprint density at radius 2 is 2.20 bits per heavy atom. The molecule has 0 amide bonds. The van der Waals surface area contributed by atoms with Crippen LogP contribution < -0.4 is 4.90 Å². The lowest BCUT2D eigenvalue weighted by Crippen LogP contribution is -2.33. The van der Waals surface area contributed by atoms with E-state index < -0.39 is 6.10 Å². The van der Waals surface area contributed by atoms with E-state index in [2.05, 4.69) is 23.3 Å². The average Bonchev–Trinajstić information content (AvgIpc) is 2.89. The molecule has 0 saturated carbocycles. The summed E-state index contributed by atoms with van der Waals surface area (Å²) in [5.41, 5.74) is 2.55. The first-order chi connectivity index (χ1) is 9.58. The topological polar surface area (TPSA) is 23.5 Å². The molecule has 1 aromatic heterocycles. The molecular weight excluding hydrogens is 273 g/mol. The third-order valence-electron chi connectivity index (χ3n) is 4.04. The summed E-state index contributed by atoms with van der Waals surface area (Å²) in [6.45, 7) is 4.60. The SMILES string of the molecule is CC(O)c1ccc(N2CCc3sccc3C2C)c(F)c1. The molecule has 106 valence electrons. The highest BCUT2D eigenvalue weighted by Crippen LogP contribution is 2.37. The van der Waals surface area contributed by atoms with Gasteiger partial charge in [-0.3, -0.25) is 0 Å². The Labute approximate surface area is 122 Å². The zero-order valence-corrected chi connectivity index (χ0v) is 12.5. The van der Waals surface area contributed by atoms with E-state index in [1.54, 1.807) is 30.4 Å². The quantitative estimate of drug-likeness (QED) is 0.902. The van der Waals surface area contributed by atoms with Crippen LogP contribution in [0, 0.1) is 5.82 Å². The summed E-state index contributed by atoms with van der Waals surface area (Å²) in [6, 6.07) is 7.36. The van der Waals surface area contributed by atoms with Crippen molar-refractivity contribution in [2.24, 2.45) is 0 Å². The molecular formula is C16H18FNOS. The molecule has 1 aliphatic rings. The number of anilines is 1. The van der Waals surface area contributed by atoms with E-state index in [9.17, 15) is 9.50 Å². The minimum atomic E-state index is -0.638. The van der Waals surface area contributed by atoms with E-state index in [0.29, 0.717) is 11.3 Å². The van der Waals surface area contributed by atoms with Crippen LogP contribution in [0.5, 0.6) is 0 Å². The third-order valence-corrected chi connectivity index (χ3v) is 5.04. The van der Waals surface area contributed by atoms with Crippen molar-refractivity contribution >= 4 is 17.0 Å². The van der Waals surface area contributed by atoms with Gasteiger partial charge in [0.2, 0.25) is 0 Å². The first kappa shape index (κ1) is 13.6. The fourth-order valence-electron chi connectivity index (χ4n) is 2.85. The molecule has 2 heterocycles. The molecule has 1 N–H and O–H groups in total. The van der Waals surface area contributed by atoms with Gasteiger partial charge in [0.15, 0.2) is 0 Å². The largest absolute Gasteiger partial charge is 0.389 e. The molecule has 0 bridgehead atoms. The van der Waals surface area contributed by atoms with Crippen molar-refractivity contribution in [3.05, 3.63) is 51.5 Å². The highest BCUT2D eigenvalue weighted by Gasteiger charge is 2.26. The van der Waals surface area contributed by atoms with Gasteiger partial charge in [-0.1, -0.05) is 6.07 Å². The summed E-state index contributed by atoms with van der Waals surface area (Å²) in [5.74, 6) is -0.256. The molecule has 2 atom stereocenters. The lowest BCUT2D eigenvalue weighted by molar-refractivity contribution is 0.199. The van der Waals surface area contributed by atoms with Crippen LogP contribution in [0.25, 0.3) is 0 Å². The van der Waals surface area contributed by atoms with E-state index >= 15 is 0 Å². The number of nitrogens with zero attached hydrogens (tertiary/aromatic N) is 1. The van der Waals surface area contributed by atoms with Crippen LogP contribution in [-0.2, 0) is 6.42 Å². The van der Waals surface area contributed by atoms with E-state index in [1.807, 2.05) is 0 Å². The third kappa shape index (κ3) is 2.23. The molecule has 0 spiro atoms. The lowest BCUT2D eigenvalue weighted by atomic mass is 10.00. The molecule has 2 nitrogen and oxygen atoms in total. The summed E-state index contributed by atoms with van der Waals surface area (Å²) >= 11 is 1.78. The summed E-state index contributed by atoms with van der Waals surface area (Å²) in [5, 5.41) is 11.6. The number of aliphatic hydroxyl groups excluding tert-OH is 1. The van der Waals surface area contributed by atoms with Gasteiger partial charge < -0.3 is 10.0 Å². The van der Waals surface area contributed by atoms with Crippen LogP contribution in [0.1, 0.15) is 42.0 Å². The van der Waals surface area contributed by atoms with Crippen LogP contribution in [0.2, 0.25) is 0 Å². The number of rotatable bonds is 2. The van der Waals surface area contributed by atoms with Crippen LogP contribution >= 0.6 is 11.3 Å². The molecule has 2 unspecified atom stereocenters. The second-order valence-electron chi connectivity index (χ2n) is 5.31. The number of hydrogen-bond acceptors (Lipinski definition) is 3. The van der Waals surface area contributed by atoms with Gasteiger partial charge in [0.25, 0.3) is 0 Å². The Morgan fingerprint density at radius 1 is 1.40 bits per heavy atom. The maximum atomic E-state index is 14.3. The van der Waals surface area contributed by atoms with Crippen LogP contribution in [0.4, 0.5) is 10.1 Å². The average molecular weight is 291 g/mol. The molecule has 1 aliphatic heterocycles. The lowest BCUT2D eigenvalue weighted by Gasteiger charge is -2.35. The van der Waals surface area contributed by atoms with E-state index in [1.165, 1.54) is 16.5 Å². The zero-order valence-electron chi connectivity index (χ0n) is 11.6. The van der Waals surface area contributed by atoms with Crippen LogP contribution in [-0.4, -0.2) is 11.7 Å². The maximum absolute atomic E-state index is 14.3. The summed E-state index contributed by atoms with van der Waals surface area (Å²) < 4.78 is 14.3. The molecule has 20 heavy (non-hydrogen) atoms. The van der Waals surface area contributed by atoms with Crippen molar-refractivity contribution in [2.45, 2.75) is 32.4 Å². The highest BCUT2D eigenvalue weighted by molar-refractivity contribution is 7.10. The second-order valence-corrected chi connectivity index (χ2v) is 6.31. The van der Waals surface area contributed by atoms with Crippen molar-refractivity contribution in [3.63, 3.8) is 0 Å². The molecule has 2 aromatic rings. The number of hydrogen-bond donors (Lipinski definition) is 1. The monoisotopic (exact) mass is 291 g/mol. The van der Waals surface area contributed by atoms with Crippen LogP contribution in [0.15, 0.2) is 29.6 Å². The fourth-order valence-corrected chi connectivity index (χ4v) is 3.82. The van der Waals surface area contributed by atoms with Crippen molar-refractivity contribution in [1.82, 2.24) is 0 Å². The Morgan fingerprint density at radius 3 is 2.90 bits per heavy atom. The van der Waals surface area contributed by atoms with Gasteiger partial charge in [0, 0.05) is 11.4 Å². The summed E-state index contributed by atoms with van der Waals surface area (Å²) in [7, 11) is 0. The minimum absolute atomic E-state index is 0.192. The Balaban J connectivity index is 1.94. The first-order valence-corrected chi connectivity index (χ1v) is 7.76. The number of halogens is 1. The van der Waals surface area contributed by atoms with E-state index in [-0.39, 0.29) is 11.9 Å². The fraction of sp³-hybridized carbons (Fsp3) is 0.375. The van der Waals surface area contributed by atoms with Gasteiger partial charge in [-0.2, -0.15) is 0 Å². The van der Waals surface area contributed by atoms with Gasteiger partial charge in [0.05, 0.1) is 17.8 Å².